The number of carbonyl (C=O) groups excluding carboxylic acids is 1. The highest BCUT2D eigenvalue weighted by Gasteiger charge is 2.43. The number of benzene rings is 2. The minimum atomic E-state index is -0.627. The first-order valence-corrected chi connectivity index (χ1v) is 16.1. The van der Waals surface area contributed by atoms with Crippen LogP contribution in [-0.2, 0) is 16.1 Å². The second kappa shape index (κ2) is 14.8. The van der Waals surface area contributed by atoms with Crippen LogP contribution in [-0.4, -0.2) is 64.1 Å². The van der Waals surface area contributed by atoms with Gasteiger partial charge in [0.15, 0.2) is 0 Å². The summed E-state index contributed by atoms with van der Waals surface area (Å²) in [5.74, 6) is 0.648. The summed E-state index contributed by atoms with van der Waals surface area (Å²) in [6.45, 7) is 6.93. The lowest BCUT2D eigenvalue weighted by Crippen LogP contribution is -2.48. The molecule has 9 nitrogen and oxygen atoms in total. The smallest absolute Gasteiger partial charge is 0.410 e. The molecule has 9 heteroatoms. The molecule has 3 unspecified atom stereocenters. The van der Waals surface area contributed by atoms with Crippen LogP contribution >= 0.6 is 0 Å². The van der Waals surface area contributed by atoms with Gasteiger partial charge in [0.1, 0.15) is 6.61 Å². The maximum atomic E-state index is 13.1. The molecule has 1 N–H and O–H groups in total. The first kappa shape index (κ1) is 31.7. The van der Waals surface area contributed by atoms with E-state index in [0.29, 0.717) is 29.9 Å². The number of nitrogens with zero attached hydrogens (tertiary/aromatic N) is 3. The molecule has 1 heterocycles. The molecular weight excluding hydrogens is 558 g/mol. The number of nitro groups is 1. The summed E-state index contributed by atoms with van der Waals surface area (Å²) in [4.78, 5) is 40.2. The van der Waals surface area contributed by atoms with E-state index in [-0.39, 0.29) is 30.2 Å². The van der Waals surface area contributed by atoms with Crippen LogP contribution in [0.3, 0.4) is 0 Å². The Balaban J connectivity index is 1.18. The van der Waals surface area contributed by atoms with Crippen molar-refractivity contribution in [2.24, 2.45) is 23.7 Å². The van der Waals surface area contributed by atoms with Crippen molar-refractivity contribution in [2.75, 3.05) is 26.2 Å². The number of carboxylic acid groups (broad SMARTS) is 1. The molecular formula is C35H45N3O6. The largest absolute Gasteiger partial charge is 0.481 e. The average Bonchev–Trinajstić information content (AvgIpc) is 3.42. The summed E-state index contributed by atoms with van der Waals surface area (Å²) in [5.41, 5.74) is 2.01. The quantitative estimate of drug-likeness (QED) is 0.151. The van der Waals surface area contributed by atoms with Crippen molar-refractivity contribution in [3.8, 4) is 0 Å². The Hall–Kier alpha value is -3.72. The molecule has 1 amide bonds. The standard InChI is InChI=1S/C35H45N3O6/c1-2-17-37(35(41)44-24-26-11-13-31(14-12-26)38(42)43)30-15-18-36(19-16-30)23-29-21-28(22-32(29)27-9-4-3-5-10-27)33(34(39)40)20-25-7-6-8-25/h2-5,9-14,25,28-30,32-33H,1,6-8,15-24H2,(H,39,40)/t28?,29-,32?,33?/m1/s1. The molecule has 3 fully saturated rings. The third-order valence-corrected chi connectivity index (χ3v) is 10.2. The highest BCUT2D eigenvalue weighted by molar-refractivity contribution is 5.70. The van der Waals surface area contributed by atoms with Crippen molar-refractivity contribution in [1.82, 2.24) is 9.80 Å². The Bertz CT molecular complexity index is 1270. The summed E-state index contributed by atoms with van der Waals surface area (Å²) in [5, 5.41) is 21.1. The van der Waals surface area contributed by atoms with Crippen LogP contribution in [0.2, 0.25) is 0 Å². The molecule has 2 aromatic rings. The van der Waals surface area contributed by atoms with Crippen LogP contribution in [0.1, 0.15) is 68.4 Å². The van der Waals surface area contributed by atoms with Crippen molar-refractivity contribution in [3.63, 3.8) is 0 Å². The second-order valence-corrected chi connectivity index (χ2v) is 12.9. The molecule has 5 rings (SSSR count). The maximum Gasteiger partial charge on any atom is 0.410 e. The van der Waals surface area contributed by atoms with Gasteiger partial charge in [0, 0.05) is 44.4 Å². The van der Waals surface area contributed by atoms with Gasteiger partial charge in [0.05, 0.1) is 10.8 Å². The van der Waals surface area contributed by atoms with Crippen LogP contribution < -0.4 is 0 Å². The summed E-state index contributed by atoms with van der Waals surface area (Å²) >= 11 is 0. The van der Waals surface area contributed by atoms with Crippen LogP contribution in [0.25, 0.3) is 0 Å². The van der Waals surface area contributed by atoms with Gasteiger partial charge in [-0.1, -0.05) is 55.7 Å². The minimum Gasteiger partial charge on any atom is -0.481 e. The molecule has 2 saturated carbocycles. The van der Waals surface area contributed by atoms with E-state index in [4.69, 9.17) is 4.74 Å². The van der Waals surface area contributed by atoms with Gasteiger partial charge in [-0.15, -0.1) is 6.58 Å². The van der Waals surface area contributed by atoms with E-state index in [2.05, 4.69) is 35.7 Å². The lowest BCUT2D eigenvalue weighted by Gasteiger charge is -2.39. The van der Waals surface area contributed by atoms with Crippen molar-refractivity contribution in [1.29, 1.82) is 0 Å². The zero-order valence-electron chi connectivity index (χ0n) is 25.5. The van der Waals surface area contributed by atoms with Crippen molar-refractivity contribution in [3.05, 3.63) is 88.5 Å². The number of non-ortho nitro benzene ring substituents is 1. The van der Waals surface area contributed by atoms with E-state index in [0.717, 1.165) is 51.7 Å². The van der Waals surface area contributed by atoms with Crippen LogP contribution in [0.15, 0.2) is 67.3 Å². The SMILES string of the molecule is C=CCN(C(=O)OCc1ccc([N+](=O)[O-])cc1)C1CCN(C[C@H]2CC(C(CC3CCC3)C(=O)O)CC2c2ccccc2)CC1. The Morgan fingerprint density at radius 2 is 1.77 bits per heavy atom. The van der Waals surface area contributed by atoms with Gasteiger partial charge in [0.2, 0.25) is 0 Å². The molecule has 1 saturated heterocycles. The Labute approximate surface area is 260 Å². The second-order valence-electron chi connectivity index (χ2n) is 12.9. The predicted molar refractivity (Wildman–Crippen MR) is 168 cm³/mol. The number of rotatable bonds is 13. The molecule has 44 heavy (non-hydrogen) atoms. The summed E-state index contributed by atoms with van der Waals surface area (Å²) in [6, 6.07) is 16.7. The van der Waals surface area contributed by atoms with Crippen molar-refractivity contribution < 1.29 is 24.4 Å². The number of amides is 1. The minimum absolute atomic E-state index is 0.00120. The number of hydrogen-bond acceptors (Lipinski definition) is 6. The lowest BCUT2D eigenvalue weighted by molar-refractivity contribution is -0.384. The predicted octanol–water partition coefficient (Wildman–Crippen LogP) is 6.88. The van der Waals surface area contributed by atoms with Gasteiger partial charge in [0.25, 0.3) is 5.69 Å². The number of piperidine rings is 1. The fraction of sp³-hybridized carbons (Fsp3) is 0.543. The van der Waals surface area contributed by atoms with E-state index in [9.17, 15) is 24.8 Å². The number of carboxylic acids is 1. The number of ether oxygens (including phenoxy) is 1. The fourth-order valence-electron chi connectivity index (χ4n) is 7.59. The molecule has 0 spiro atoms. The first-order valence-electron chi connectivity index (χ1n) is 16.1. The highest BCUT2D eigenvalue weighted by atomic mass is 16.6. The molecule has 3 aliphatic rings. The Kier molecular flexibility index (Phi) is 10.7. The number of aliphatic carboxylic acids is 1. The molecule has 1 aliphatic heterocycles. The van der Waals surface area contributed by atoms with E-state index in [1.54, 1.807) is 23.1 Å². The van der Waals surface area contributed by atoms with Crippen LogP contribution in [0.5, 0.6) is 0 Å². The van der Waals surface area contributed by atoms with Gasteiger partial charge >= 0.3 is 12.1 Å². The van der Waals surface area contributed by atoms with E-state index in [1.165, 1.54) is 37.0 Å². The van der Waals surface area contributed by atoms with Gasteiger partial charge in [-0.05, 0) is 79.0 Å². The van der Waals surface area contributed by atoms with Gasteiger partial charge < -0.3 is 19.6 Å². The average molecular weight is 604 g/mol. The van der Waals surface area contributed by atoms with Gasteiger partial charge in [-0.3, -0.25) is 14.9 Å². The van der Waals surface area contributed by atoms with E-state index >= 15 is 0 Å². The lowest BCUT2D eigenvalue weighted by atomic mass is 9.74. The maximum absolute atomic E-state index is 13.1. The molecule has 2 aliphatic carbocycles. The zero-order chi connectivity index (χ0) is 31.1. The normalized spacial score (nSPS) is 23.4. The fourth-order valence-corrected chi connectivity index (χ4v) is 7.59. The first-order chi connectivity index (χ1) is 21.3. The molecule has 2 aromatic carbocycles. The number of carbonyl (C=O) groups is 2. The summed E-state index contributed by atoms with van der Waals surface area (Å²) in [6.07, 6.45) is 9.23. The summed E-state index contributed by atoms with van der Waals surface area (Å²) in [7, 11) is 0. The van der Waals surface area contributed by atoms with E-state index < -0.39 is 17.0 Å². The van der Waals surface area contributed by atoms with Gasteiger partial charge in [-0.25, -0.2) is 4.79 Å². The van der Waals surface area contributed by atoms with Crippen LogP contribution in [0.4, 0.5) is 10.5 Å². The molecule has 236 valence electrons. The molecule has 4 atom stereocenters. The highest BCUT2D eigenvalue weighted by Crippen LogP contribution is 2.49. The Morgan fingerprint density at radius 3 is 2.36 bits per heavy atom. The number of hydrogen-bond donors (Lipinski definition) is 1. The third kappa shape index (κ3) is 7.86. The number of nitro benzene ring substituents is 1. The monoisotopic (exact) mass is 603 g/mol. The molecule has 0 bridgehead atoms. The molecule has 0 radical (unpaired) electrons. The zero-order valence-corrected chi connectivity index (χ0v) is 25.5. The third-order valence-electron chi connectivity index (χ3n) is 10.2. The van der Waals surface area contributed by atoms with Gasteiger partial charge in [-0.2, -0.15) is 0 Å². The summed E-state index contributed by atoms with van der Waals surface area (Å²) < 4.78 is 5.59. The van der Waals surface area contributed by atoms with Crippen molar-refractivity contribution >= 4 is 17.7 Å². The molecule has 0 aromatic heterocycles. The Morgan fingerprint density at radius 1 is 1.07 bits per heavy atom. The number of likely N-dealkylation sites (tertiary alicyclic amines) is 1. The van der Waals surface area contributed by atoms with Crippen molar-refractivity contribution in [2.45, 2.75) is 69.9 Å². The van der Waals surface area contributed by atoms with Crippen LogP contribution in [0, 0.1) is 33.8 Å². The topological polar surface area (TPSA) is 113 Å². The van der Waals surface area contributed by atoms with E-state index in [1.807, 2.05) is 6.07 Å².